The van der Waals surface area contributed by atoms with Crippen molar-refractivity contribution in [3.8, 4) is 0 Å². The molecule has 0 fully saturated rings. The van der Waals surface area contributed by atoms with Gasteiger partial charge in [-0.15, -0.1) is 0 Å². The number of esters is 1. The lowest BCUT2D eigenvalue weighted by Gasteiger charge is -2.27. The molecular weight excluding hydrogens is 976 g/mol. The second-order valence-electron chi connectivity index (χ2n) is 24.4. The number of likely N-dealkylation sites (N-methyl/N-ethyl adjacent to an activating group) is 1. The number of nitrogens with zero attached hydrogens (tertiary/aromatic N) is 1. The monoisotopic (exact) mass is 1110 g/mol. The molecule has 3 unspecified atom stereocenters. The first-order valence-electron chi connectivity index (χ1n) is 33.7. The summed E-state index contributed by atoms with van der Waals surface area (Å²) in [6.45, 7) is 7.07. The third-order valence-electron chi connectivity index (χ3n) is 15.4. The summed E-state index contributed by atoms with van der Waals surface area (Å²) in [5, 5.41) is 3.07. The SMILES string of the molecule is CCCCCCCC/C=C/CCCCCCCCCCCCCCCC(=O)OC(/C=C/CCCCCCCCCCCCC)C(COP(=O)(O)OCC[N+](C)(C)C)NC(=O)CCCCCCCCCCCCCCCCC. The Morgan fingerprint density at radius 3 is 1.10 bits per heavy atom. The fourth-order valence-corrected chi connectivity index (χ4v) is 10.9. The van der Waals surface area contributed by atoms with Crippen LogP contribution in [0.3, 0.4) is 0 Å². The average molecular weight is 1110 g/mol. The quantitative estimate of drug-likeness (QED) is 0.0205. The van der Waals surface area contributed by atoms with Crippen LogP contribution < -0.4 is 5.32 Å². The molecule has 0 saturated carbocycles. The van der Waals surface area contributed by atoms with Crippen LogP contribution in [0.4, 0.5) is 0 Å². The summed E-state index contributed by atoms with van der Waals surface area (Å²) in [6, 6.07) is -0.842. The smallest absolute Gasteiger partial charge is 0.456 e. The summed E-state index contributed by atoms with van der Waals surface area (Å²) in [5.74, 6) is -0.484. The van der Waals surface area contributed by atoms with Gasteiger partial charge in [-0.3, -0.25) is 18.6 Å². The summed E-state index contributed by atoms with van der Waals surface area (Å²) in [5.41, 5.74) is 0. The minimum Gasteiger partial charge on any atom is -0.456 e. The second-order valence-corrected chi connectivity index (χ2v) is 25.8. The van der Waals surface area contributed by atoms with Crippen LogP contribution in [0.1, 0.15) is 342 Å². The molecule has 0 aromatic rings. The molecule has 3 atom stereocenters. The predicted molar refractivity (Wildman–Crippen MR) is 333 cm³/mol. The molecule has 1 amide bonds. The number of hydrogen-bond donors (Lipinski definition) is 2. The summed E-state index contributed by atoms with van der Waals surface area (Å²) in [6.07, 6.45) is 68.9. The molecule has 0 rings (SSSR count). The molecule has 456 valence electrons. The van der Waals surface area contributed by atoms with Crippen molar-refractivity contribution < 1.29 is 37.3 Å². The fourth-order valence-electron chi connectivity index (χ4n) is 10.2. The van der Waals surface area contributed by atoms with Crippen LogP contribution in [0.5, 0.6) is 0 Å². The van der Waals surface area contributed by atoms with Crippen molar-refractivity contribution in [2.24, 2.45) is 0 Å². The van der Waals surface area contributed by atoms with Gasteiger partial charge in [0.1, 0.15) is 19.3 Å². The van der Waals surface area contributed by atoms with E-state index in [1.54, 1.807) is 0 Å². The number of phosphoric acid groups is 1. The van der Waals surface area contributed by atoms with Gasteiger partial charge in [-0.25, -0.2) is 4.57 Å². The van der Waals surface area contributed by atoms with Crippen molar-refractivity contribution in [2.45, 2.75) is 354 Å². The number of rotatable bonds is 62. The van der Waals surface area contributed by atoms with Gasteiger partial charge >= 0.3 is 13.8 Å². The van der Waals surface area contributed by atoms with E-state index in [9.17, 15) is 19.0 Å². The fraction of sp³-hybridized carbons (Fsp3) is 0.910. The van der Waals surface area contributed by atoms with Crippen LogP contribution in [0, 0.1) is 0 Å². The number of ether oxygens (including phenoxy) is 1. The van der Waals surface area contributed by atoms with Crippen LogP contribution in [0.25, 0.3) is 0 Å². The Labute approximate surface area is 479 Å². The molecule has 0 spiro atoms. The predicted octanol–water partition coefficient (Wildman–Crippen LogP) is 20.9. The molecule has 0 saturated heterocycles. The first kappa shape index (κ1) is 75.5. The number of phosphoric ester groups is 1. The maximum Gasteiger partial charge on any atom is 0.472 e. The lowest BCUT2D eigenvalue weighted by Crippen LogP contribution is -2.47. The lowest BCUT2D eigenvalue weighted by molar-refractivity contribution is -0.870. The zero-order valence-corrected chi connectivity index (χ0v) is 53.1. The number of amides is 1. The number of carbonyl (C=O) groups excluding carboxylic acids is 2. The minimum atomic E-state index is -4.44. The number of hydrogen-bond acceptors (Lipinski definition) is 6. The van der Waals surface area contributed by atoms with E-state index in [0.29, 0.717) is 23.9 Å². The van der Waals surface area contributed by atoms with E-state index in [2.05, 4.69) is 38.2 Å². The van der Waals surface area contributed by atoms with Crippen molar-refractivity contribution in [1.29, 1.82) is 0 Å². The molecule has 0 aliphatic heterocycles. The Balaban J connectivity index is 5.11. The van der Waals surface area contributed by atoms with Crippen molar-refractivity contribution in [3.05, 3.63) is 24.3 Å². The van der Waals surface area contributed by atoms with Crippen LogP contribution in [-0.4, -0.2) is 74.3 Å². The van der Waals surface area contributed by atoms with E-state index in [0.717, 1.165) is 57.8 Å². The van der Waals surface area contributed by atoms with Gasteiger partial charge in [0.2, 0.25) is 5.91 Å². The van der Waals surface area contributed by atoms with Crippen LogP contribution in [0.15, 0.2) is 24.3 Å². The maximum atomic E-state index is 13.6. The van der Waals surface area contributed by atoms with E-state index in [4.69, 9.17) is 13.8 Å². The van der Waals surface area contributed by atoms with Crippen LogP contribution >= 0.6 is 7.82 Å². The lowest BCUT2D eigenvalue weighted by atomic mass is 10.0. The molecule has 9 nitrogen and oxygen atoms in total. The topological polar surface area (TPSA) is 111 Å². The maximum absolute atomic E-state index is 13.6. The first-order valence-corrected chi connectivity index (χ1v) is 35.2. The Hall–Kier alpha value is -1.51. The Morgan fingerprint density at radius 2 is 0.753 bits per heavy atom. The first-order chi connectivity index (χ1) is 37.4. The third-order valence-corrected chi connectivity index (χ3v) is 16.4. The largest absolute Gasteiger partial charge is 0.472 e. The highest BCUT2D eigenvalue weighted by atomic mass is 31.2. The van der Waals surface area contributed by atoms with Gasteiger partial charge in [-0.2, -0.15) is 0 Å². The summed E-state index contributed by atoms with van der Waals surface area (Å²) >= 11 is 0. The highest BCUT2D eigenvalue weighted by molar-refractivity contribution is 7.47. The van der Waals surface area contributed by atoms with Gasteiger partial charge in [0.15, 0.2) is 0 Å². The molecule has 0 aromatic carbocycles. The number of quaternary nitrogens is 1. The molecule has 10 heteroatoms. The van der Waals surface area contributed by atoms with E-state index in [1.165, 1.54) is 250 Å². The molecule has 2 N–H and O–H groups in total. The molecule has 0 aliphatic carbocycles. The number of unbranched alkanes of at least 4 members (excludes halogenated alkanes) is 44. The number of nitrogens with one attached hydrogen (secondary N) is 1. The van der Waals surface area contributed by atoms with Gasteiger partial charge in [0.05, 0.1) is 33.8 Å². The van der Waals surface area contributed by atoms with Gasteiger partial charge < -0.3 is 19.4 Å². The van der Waals surface area contributed by atoms with Gasteiger partial charge in [-0.1, -0.05) is 296 Å². The van der Waals surface area contributed by atoms with E-state index in [1.807, 2.05) is 33.3 Å². The molecular formula is C67H132N2O7P+. The van der Waals surface area contributed by atoms with E-state index in [-0.39, 0.29) is 25.1 Å². The zero-order chi connectivity index (χ0) is 56.4. The second kappa shape index (κ2) is 57.7. The third kappa shape index (κ3) is 58.9. The van der Waals surface area contributed by atoms with Crippen LogP contribution in [0.2, 0.25) is 0 Å². The normalized spacial score (nSPS) is 13.7. The zero-order valence-electron chi connectivity index (χ0n) is 52.2. The van der Waals surface area contributed by atoms with Crippen LogP contribution in [-0.2, 0) is 27.9 Å². The van der Waals surface area contributed by atoms with Gasteiger partial charge in [0.25, 0.3) is 0 Å². The van der Waals surface area contributed by atoms with E-state index < -0.39 is 20.0 Å². The molecule has 0 aliphatic rings. The standard InChI is InChI=1S/C67H131N2O7P/c1-7-10-13-16-19-22-25-28-30-31-32-33-34-35-36-37-39-42-45-48-51-54-57-60-67(71)76-65(58-55-52-49-46-43-40-27-24-21-18-15-12-9-3)64(63-75-77(72,73)74-62-61-69(4,5)6)68-66(70)59-56-53-50-47-44-41-38-29-26-23-20-17-14-11-8-2/h28,30,55,58,64-65H,7-27,29,31-54,56-57,59-63H2,1-6H3,(H-,68,70,72,73)/p+1/b30-28+,58-55+. The molecule has 0 aromatic heterocycles. The van der Waals surface area contributed by atoms with Crippen molar-refractivity contribution in [2.75, 3.05) is 40.9 Å². The highest BCUT2D eigenvalue weighted by Crippen LogP contribution is 2.43. The summed E-state index contributed by atoms with van der Waals surface area (Å²) in [7, 11) is 1.52. The highest BCUT2D eigenvalue weighted by Gasteiger charge is 2.30. The number of carbonyl (C=O) groups is 2. The van der Waals surface area contributed by atoms with E-state index >= 15 is 0 Å². The van der Waals surface area contributed by atoms with Crippen molar-refractivity contribution in [3.63, 3.8) is 0 Å². The Kier molecular flexibility index (Phi) is 56.6. The summed E-state index contributed by atoms with van der Waals surface area (Å²) in [4.78, 5) is 37.8. The number of allylic oxidation sites excluding steroid dienone is 3. The Bertz CT molecular complexity index is 1370. The van der Waals surface area contributed by atoms with Gasteiger partial charge in [0, 0.05) is 12.8 Å². The average Bonchev–Trinajstić information content (AvgIpc) is 3.39. The molecule has 0 radical (unpaired) electrons. The molecule has 0 heterocycles. The molecule has 77 heavy (non-hydrogen) atoms. The van der Waals surface area contributed by atoms with Gasteiger partial charge in [-0.05, 0) is 57.4 Å². The summed E-state index contributed by atoms with van der Waals surface area (Å²) < 4.78 is 30.8. The van der Waals surface area contributed by atoms with Crippen molar-refractivity contribution >= 4 is 19.7 Å². The van der Waals surface area contributed by atoms with Crippen molar-refractivity contribution in [1.82, 2.24) is 5.32 Å². The molecule has 0 bridgehead atoms. The Morgan fingerprint density at radius 1 is 0.442 bits per heavy atom. The minimum absolute atomic E-state index is 0.0444.